The number of likely N-dealkylation sites (N-methyl/N-ethyl adjacent to an activating group) is 1. The van der Waals surface area contributed by atoms with Crippen molar-refractivity contribution in [1.82, 2.24) is 10.2 Å². The van der Waals surface area contributed by atoms with Gasteiger partial charge >= 0.3 is 0 Å². The molecule has 110 valence electrons. The van der Waals surface area contributed by atoms with Crippen LogP contribution in [0.25, 0.3) is 0 Å². The van der Waals surface area contributed by atoms with Crippen molar-refractivity contribution in [3.63, 3.8) is 0 Å². The third kappa shape index (κ3) is 3.46. The molecule has 19 heavy (non-hydrogen) atoms. The van der Waals surface area contributed by atoms with Crippen LogP contribution < -0.4 is 5.32 Å². The lowest BCUT2D eigenvalue weighted by Crippen LogP contribution is -2.60. The zero-order valence-corrected chi connectivity index (χ0v) is 12.1. The molecule has 2 rings (SSSR count). The van der Waals surface area contributed by atoms with E-state index in [4.69, 9.17) is 4.74 Å². The molecule has 1 saturated carbocycles. The quantitative estimate of drug-likeness (QED) is 0.785. The number of aliphatic hydroxyl groups is 1. The average molecular weight is 270 g/mol. The highest BCUT2D eigenvalue weighted by molar-refractivity contribution is 5.84. The summed E-state index contributed by atoms with van der Waals surface area (Å²) >= 11 is 0. The Hall–Kier alpha value is -0.650. The molecule has 1 saturated heterocycles. The molecule has 0 aromatic rings. The summed E-state index contributed by atoms with van der Waals surface area (Å²) in [5.74, 6) is -0.0900. The molecule has 1 aliphatic carbocycles. The van der Waals surface area contributed by atoms with Crippen LogP contribution in [-0.4, -0.2) is 60.4 Å². The summed E-state index contributed by atoms with van der Waals surface area (Å²) < 4.78 is 5.64. The van der Waals surface area contributed by atoms with Gasteiger partial charge in [0.2, 0.25) is 0 Å². The van der Waals surface area contributed by atoms with Gasteiger partial charge in [0.15, 0.2) is 5.60 Å². The maximum atomic E-state index is 11.9. The SMILES string of the molecule is CNC(=O)[C@@]1(C)CN(CC2(O)CCCCC2)CCO1. The predicted molar refractivity (Wildman–Crippen MR) is 72.9 cm³/mol. The lowest BCUT2D eigenvalue weighted by atomic mass is 9.84. The first-order valence-electron chi connectivity index (χ1n) is 7.28. The smallest absolute Gasteiger partial charge is 0.253 e. The molecule has 2 N–H and O–H groups in total. The molecule has 0 aromatic carbocycles. The largest absolute Gasteiger partial charge is 0.389 e. The lowest BCUT2D eigenvalue weighted by Gasteiger charge is -2.43. The lowest BCUT2D eigenvalue weighted by molar-refractivity contribution is -0.160. The molecule has 5 nitrogen and oxygen atoms in total. The number of β-amino-alcohol motifs (C(OH)–C–C–N with tert-alkyl or cyclic N) is 1. The van der Waals surface area contributed by atoms with E-state index >= 15 is 0 Å². The standard InChI is InChI=1S/C14H26N2O3/c1-13(12(17)15-2)10-16(8-9-19-13)11-14(18)6-4-3-5-7-14/h18H,3-11H2,1-2H3,(H,15,17)/t13-/m1/s1. The van der Waals surface area contributed by atoms with Gasteiger partial charge in [0.1, 0.15) is 0 Å². The summed E-state index contributed by atoms with van der Waals surface area (Å²) in [7, 11) is 1.63. The summed E-state index contributed by atoms with van der Waals surface area (Å²) in [5.41, 5.74) is -1.36. The minimum Gasteiger partial charge on any atom is -0.389 e. The first-order valence-corrected chi connectivity index (χ1v) is 7.28. The maximum absolute atomic E-state index is 11.9. The second kappa shape index (κ2) is 5.77. The molecule has 0 aromatic heterocycles. The number of hydrogen-bond acceptors (Lipinski definition) is 4. The number of nitrogens with one attached hydrogen (secondary N) is 1. The van der Waals surface area contributed by atoms with Crippen LogP contribution in [0.15, 0.2) is 0 Å². The van der Waals surface area contributed by atoms with Gasteiger partial charge in [-0.25, -0.2) is 0 Å². The van der Waals surface area contributed by atoms with Gasteiger partial charge in [-0.1, -0.05) is 19.3 Å². The van der Waals surface area contributed by atoms with Crippen molar-refractivity contribution in [2.45, 2.75) is 50.2 Å². The van der Waals surface area contributed by atoms with Gasteiger partial charge in [-0.05, 0) is 19.8 Å². The van der Waals surface area contributed by atoms with Crippen molar-refractivity contribution in [2.75, 3.05) is 33.3 Å². The molecule has 2 aliphatic rings. The first kappa shape index (κ1) is 14.8. The third-order valence-electron chi connectivity index (χ3n) is 4.36. The van der Waals surface area contributed by atoms with E-state index < -0.39 is 11.2 Å². The van der Waals surface area contributed by atoms with E-state index in [0.717, 1.165) is 32.2 Å². The Morgan fingerprint density at radius 3 is 2.68 bits per heavy atom. The first-order chi connectivity index (χ1) is 8.97. The van der Waals surface area contributed by atoms with Crippen LogP contribution in [0.4, 0.5) is 0 Å². The predicted octanol–water partition coefficient (Wildman–Crippen LogP) is 0.518. The normalized spacial score (nSPS) is 31.9. The van der Waals surface area contributed by atoms with Crippen molar-refractivity contribution in [3.05, 3.63) is 0 Å². The molecule has 1 amide bonds. The second-order valence-electron chi connectivity index (χ2n) is 6.15. The van der Waals surface area contributed by atoms with Gasteiger partial charge < -0.3 is 15.2 Å². The molecule has 0 bridgehead atoms. The maximum Gasteiger partial charge on any atom is 0.253 e. The van der Waals surface area contributed by atoms with Crippen LogP contribution in [0.3, 0.4) is 0 Å². The number of hydrogen-bond donors (Lipinski definition) is 2. The zero-order valence-electron chi connectivity index (χ0n) is 12.1. The van der Waals surface area contributed by atoms with Crippen LogP contribution in [0, 0.1) is 0 Å². The Labute approximate surface area is 115 Å². The Bertz CT molecular complexity index is 329. The number of nitrogens with zero attached hydrogens (tertiary/aromatic N) is 1. The summed E-state index contributed by atoms with van der Waals surface area (Å²) in [5, 5.41) is 13.3. The van der Waals surface area contributed by atoms with Crippen molar-refractivity contribution >= 4 is 5.91 Å². The fraction of sp³-hybridized carbons (Fsp3) is 0.929. The molecular formula is C14H26N2O3. The van der Waals surface area contributed by atoms with Crippen molar-refractivity contribution in [3.8, 4) is 0 Å². The fourth-order valence-corrected chi connectivity index (χ4v) is 3.27. The summed E-state index contributed by atoms with van der Waals surface area (Å²) in [6.45, 7) is 4.36. The molecule has 0 radical (unpaired) electrons. The second-order valence-corrected chi connectivity index (χ2v) is 6.15. The Morgan fingerprint density at radius 2 is 2.05 bits per heavy atom. The third-order valence-corrected chi connectivity index (χ3v) is 4.36. The molecular weight excluding hydrogens is 244 g/mol. The van der Waals surface area contributed by atoms with E-state index in [1.54, 1.807) is 7.05 Å². The van der Waals surface area contributed by atoms with E-state index in [1.807, 2.05) is 6.92 Å². The number of carbonyl (C=O) groups is 1. The molecule has 1 aliphatic heterocycles. The van der Waals surface area contributed by atoms with Gasteiger partial charge in [-0.15, -0.1) is 0 Å². The van der Waals surface area contributed by atoms with E-state index in [-0.39, 0.29) is 5.91 Å². The molecule has 2 fully saturated rings. The van der Waals surface area contributed by atoms with Gasteiger partial charge in [0, 0.05) is 26.7 Å². The van der Waals surface area contributed by atoms with E-state index in [9.17, 15) is 9.90 Å². The van der Waals surface area contributed by atoms with Crippen LogP contribution in [0.1, 0.15) is 39.0 Å². The number of morpholine rings is 1. The van der Waals surface area contributed by atoms with Crippen molar-refractivity contribution in [1.29, 1.82) is 0 Å². The van der Waals surface area contributed by atoms with Crippen molar-refractivity contribution in [2.24, 2.45) is 0 Å². The Morgan fingerprint density at radius 1 is 1.37 bits per heavy atom. The average Bonchev–Trinajstić information content (AvgIpc) is 2.38. The summed E-state index contributed by atoms with van der Waals surface area (Å²) in [6, 6.07) is 0. The van der Waals surface area contributed by atoms with Gasteiger partial charge in [0.25, 0.3) is 5.91 Å². The monoisotopic (exact) mass is 270 g/mol. The summed E-state index contributed by atoms with van der Waals surface area (Å²) in [6.07, 6.45) is 5.19. The Balaban J connectivity index is 1.95. The van der Waals surface area contributed by atoms with Gasteiger partial charge in [-0.3, -0.25) is 9.69 Å². The summed E-state index contributed by atoms with van der Waals surface area (Å²) in [4.78, 5) is 14.1. The highest BCUT2D eigenvalue weighted by Gasteiger charge is 2.41. The van der Waals surface area contributed by atoms with E-state index in [1.165, 1.54) is 6.42 Å². The highest BCUT2D eigenvalue weighted by atomic mass is 16.5. The highest BCUT2D eigenvalue weighted by Crippen LogP contribution is 2.30. The van der Waals surface area contributed by atoms with Crippen molar-refractivity contribution < 1.29 is 14.6 Å². The van der Waals surface area contributed by atoms with Crippen LogP contribution in [0.2, 0.25) is 0 Å². The number of rotatable bonds is 3. The zero-order chi connectivity index (χ0) is 13.9. The van der Waals surface area contributed by atoms with Gasteiger partial charge in [-0.2, -0.15) is 0 Å². The van der Waals surface area contributed by atoms with E-state index in [0.29, 0.717) is 19.7 Å². The van der Waals surface area contributed by atoms with Crippen LogP contribution in [0.5, 0.6) is 0 Å². The molecule has 0 spiro atoms. The van der Waals surface area contributed by atoms with Crippen LogP contribution in [-0.2, 0) is 9.53 Å². The molecule has 5 heteroatoms. The molecule has 0 unspecified atom stereocenters. The Kier molecular flexibility index (Phi) is 4.48. The number of carbonyl (C=O) groups excluding carboxylic acids is 1. The minimum absolute atomic E-state index is 0.0900. The minimum atomic E-state index is -0.794. The molecule has 1 atom stereocenters. The molecule has 1 heterocycles. The fourth-order valence-electron chi connectivity index (χ4n) is 3.27. The number of ether oxygens (including phenoxy) is 1. The van der Waals surface area contributed by atoms with Gasteiger partial charge in [0.05, 0.1) is 12.2 Å². The van der Waals surface area contributed by atoms with Crippen LogP contribution >= 0.6 is 0 Å². The van der Waals surface area contributed by atoms with E-state index in [2.05, 4.69) is 10.2 Å². The topological polar surface area (TPSA) is 61.8 Å². The number of amides is 1.